The summed E-state index contributed by atoms with van der Waals surface area (Å²) in [5, 5.41) is 3.00. The van der Waals surface area contributed by atoms with E-state index < -0.39 is 15.7 Å². The quantitative estimate of drug-likeness (QED) is 0.677. The number of hydrogen-bond acceptors (Lipinski definition) is 6. The van der Waals surface area contributed by atoms with E-state index in [1.807, 2.05) is 29.2 Å². The van der Waals surface area contributed by atoms with E-state index in [-0.39, 0.29) is 18.4 Å². The van der Waals surface area contributed by atoms with Gasteiger partial charge in [0.05, 0.1) is 31.1 Å². The number of nitrogens with zero attached hydrogens (tertiary/aromatic N) is 4. The molecule has 2 saturated heterocycles. The van der Waals surface area contributed by atoms with Crippen LogP contribution >= 0.6 is 0 Å². The lowest BCUT2D eigenvalue weighted by Gasteiger charge is -2.45. The van der Waals surface area contributed by atoms with E-state index in [0.717, 1.165) is 18.5 Å². The van der Waals surface area contributed by atoms with Crippen LogP contribution in [0.3, 0.4) is 0 Å². The number of ether oxygens (including phenoxy) is 1. The first-order chi connectivity index (χ1) is 15.9. The summed E-state index contributed by atoms with van der Waals surface area (Å²) >= 11 is 0. The molecule has 0 unspecified atom stereocenters. The third-order valence-corrected chi connectivity index (χ3v) is 9.27. The molecule has 1 N–H and O–H groups in total. The number of carbonyl (C=O) groups is 2. The monoisotopic (exact) mass is 477 g/mol. The van der Waals surface area contributed by atoms with Crippen LogP contribution in [-0.2, 0) is 24.5 Å². The summed E-state index contributed by atoms with van der Waals surface area (Å²) in [6, 6.07) is 7.45. The minimum Gasteiger partial charge on any atom is -0.379 e. The number of fused-ring (bicyclic) bond motifs is 1. The van der Waals surface area contributed by atoms with Gasteiger partial charge in [0.15, 0.2) is 0 Å². The van der Waals surface area contributed by atoms with Crippen molar-refractivity contribution in [3.8, 4) is 0 Å². The molecule has 1 aromatic carbocycles. The summed E-state index contributed by atoms with van der Waals surface area (Å²) in [5.41, 5.74) is 0.583. The topological polar surface area (TPSA) is 102 Å². The van der Waals surface area contributed by atoms with Crippen LogP contribution in [0.1, 0.15) is 25.7 Å². The van der Waals surface area contributed by atoms with Crippen LogP contribution in [0.2, 0.25) is 0 Å². The van der Waals surface area contributed by atoms with Gasteiger partial charge in [-0.05, 0) is 25.0 Å². The highest BCUT2D eigenvalue weighted by molar-refractivity contribution is 7.86. The Bertz CT molecular complexity index is 1010. The Morgan fingerprint density at radius 3 is 2.30 bits per heavy atom. The molecular weight excluding hydrogens is 446 g/mol. The highest BCUT2D eigenvalue weighted by Crippen LogP contribution is 2.45. The third kappa shape index (κ3) is 4.06. The van der Waals surface area contributed by atoms with Crippen LogP contribution in [0, 0.1) is 0 Å². The molecule has 5 rings (SSSR count). The average molecular weight is 478 g/mol. The van der Waals surface area contributed by atoms with Gasteiger partial charge in [-0.15, -0.1) is 0 Å². The number of para-hydroxylation sites is 2. The van der Waals surface area contributed by atoms with Crippen molar-refractivity contribution in [2.24, 2.45) is 0 Å². The Kier molecular flexibility index (Phi) is 6.17. The van der Waals surface area contributed by atoms with Crippen LogP contribution in [0.5, 0.6) is 0 Å². The maximum atomic E-state index is 13.6. The summed E-state index contributed by atoms with van der Waals surface area (Å²) in [6.45, 7) is 3.38. The molecule has 3 heterocycles. The van der Waals surface area contributed by atoms with Gasteiger partial charge in [-0.2, -0.15) is 17.0 Å². The van der Waals surface area contributed by atoms with Gasteiger partial charge in [-0.3, -0.25) is 19.4 Å². The maximum Gasteiger partial charge on any atom is 0.282 e. The van der Waals surface area contributed by atoms with E-state index in [1.54, 1.807) is 4.90 Å². The van der Waals surface area contributed by atoms with Crippen LogP contribution in [-0.4, -0.2) is 98.3 Å². The minimum atomic E-state index is -3.51. The molecule has 1 spiro atoms. The van der Waals surface area contributed by atoms with Crippen molar-refractivity contribution in [3.63, 3.8) is 0 Å². The fourth-order valence-corrected chi connectivity index (χ4v) is 7.01. The molecule has 0 radical (unpaired) electrons. The third-order valence-electron chi connectivity index (χ3n) is 7.24. The first-order valence-electron chi connectivity index (χ1n) is 11.7. The van der Waals surface area contributed by atoms with Crippen molar-refractivity contribution in [1.82, 2.24) is 13.5 Å². The van der Waals surface area contributed by atoms with Gasteiger partial charge in [0, 0.05) is 39.3 Å². The van der Waals surface area contributed by atoms with Crippen LogP contribution in [0.4, 0.5) is 11.4 Å². The van der Waals surface area contributed by atoms with Crippen LogP contribution < -0.4 is 10.2 Å². The number of amides is 2. The maximum absolute atomic E-state index is 13.6. The highest BCUT2D eigenvalue weighted by atomic mass is 32.2. The van der Waals surface area contributed by atoms with Gasteiger partial charge in [0.25, 0.3) is 16.1 Å². The van der Waals surface area contributed by atoms with E-state index in [4.69, 9.17) is 4.74 Å². The molecule has 180 valence electrons. The van der Waals surface area contributed by atoms with E-state index >= 15 is 0 Å². The van der Waals surface area contributed by atoms with Crippen molar-refractivity contribution < 1.29 is 22.7 Å². The normalized spacial score (nSPS) is 24.6. The number of nitrogens with one attached hydrogen (secondary N) is 1. The van der Waals surface area contributed by atoms with Gasteiger partial charge in [-0.1, -0.05) is 25.0 Å². The number of rotatable bonds is 4. The summed E-state index contributed by atoms with van der Waals surface area (Å²) in [5.74, 6) is -0.211. The zero-order valence-electron chi connectivity index (χ0n) is 18.7. The molecule has 0 atom stereocenters. The molecule has 11 heteroatoms. The first-order valence-corrected chi connectivity index (χ1v) is 13.1. The summed E-state index contributed by atoms with van der Waals surface area (Å²) < 4.78 is 34.1. The number of anilines is 2. The smallest absolute Gasteiger partial charge is 0.282 e. The van der Waals surface area contributed by atoms with E-state index in [2.05, 4.69) is 5.32 Å². The largest absolute Gasteiger partial charge is 0.379 e. The predicted molar refractivity (Wildman–Crippen MR) is 123 cm³/mol. The number of benzene rings is 1. The van der Waals surface area contributed by atoms with Crippen LogP contribution in [0.25, 0.3) is 0 Å². The molecule has 1 saturated carbocycles. The lowest BCUT2D eigenvalue weighted by Crippen LogP contribution is -2.63. The zero-order valence-corrected chi connectivity index (χ0v) is 19.6. The van der Waals surface area contributed by atoms with E-state index in [9.17, 15) is 18.0 Å². The standard InChI is InChI=1S/C22H31N5O5S/c28-20(17-24-9-11-25(12-10-24)33(30,31)26-13-15-32-16-14-26)27-19-6-2-1-5-18(19)23-21(29)22(27)7-3-4-8-22/h1-2,5-6H,3-4,7-17H2,(H,23,29). The molecule has 4 aliphatic rings. The fraction of sp³-hybridized carbons (Fsp3) is 0.636. The Morgan fingerprint density at radius 2 is 1.61 bits per heavy atom. The average Bonchev–Trinajstić information content (AvgIpc) is 3.31. The molecule has 2 amide bonds. The molecule has 3 fully saturated rings. The van der Waals surface area contributed by atoms with Crippen LogP contribution in [0.15, 0.2) is 24.3 Å². The summed E-state index contributed by atoms with van der Waals surface area (Å²) in [4.78, 5) is 30.4. The second-order valence-corrected chi connectivity index (χ2v) is 11.1. The SMILES string of the molecule is O=C(CN1CCN(S(=O)(=O)N2CCOCC2)CC1)N1c2ccccc2NC(=O)C12CCCC2. The van der Waals surface area contributed by atoms with Crippen molar-refractivity contribution in [3.05, 3.63) is 24.3 Å². The number of piperazine rings is 1. The lowest BCUT2D eigenvalue weighted by molar-refractivity contribution is -0.128. The Hall–Kier alpha value is -2.05. The summed E-state index contributed by atoms with van der Waals surface area (Å²) in [6.07, 6.45) is 3.14. The van der Waals surface area contributed by atoms with Crippen molar-refractivity contribution in [2.45, 2.75) is 31.2 Å². The Balaban J connectivity index is 1.28. The van der Waals surface area contributed by atoms with E-state index in [0.29, 0.717) is 71.0 Å². The first kappa shape index (κ1) is 22.7. The molecule has 1 aromatic rings. The molecular formula is C22H31N5O5S. The molecule has 0 aromatic heterocycles. The van der Waals surface area contributed by atoms with Gasteiger partial charge < -0.3 is 10.1 Å². The Labute approximate surface area is 194 Å². The number of hydrogen-bond donors (Lipinski definition) is 1. The number of carbonyl (C=O) groups excluding carboxylic acids is 2. The molecule has 1 aliphatic carbocycles. The van der Waals surface area contributed by atoms with Gasteiger partial charge in [-0.25, -0.2) is 0 Å². The second-order valence-electron chi connectivity index (χ2n) is 9.13. The highest BCUT2D eigenvalue weighted by Gasteiger charge is 2.52. The minimum absolute atomic E-state index is 0.103. The van der Waals surface area contributed by atoms with Gasteiger partial charge in [0.2, 0.25) is 5.91 Å². The molecule has 0 bridgehead atoms. The Morgan fingerprint density at radius 1 is 0.970 bits per heavy atom. The second kappa shape index (κ2) is 8.95. The van der Waals surface area contributed by atoms with Gasteiger partial charge in [0.1, 0.15) is 5.54 Å². The summed E-state index contributed by atoms with van der Waals surface area (Å²) in [7, 11) is -3.51. The molecule has 3 aliphatic heterocycles. The predicted octanol–water partition coefficient (Wildman–Crippen LogP) is 0.479. The number of morpholine rings is 1. The molecule has 10 nitrogen and oxygen atoms in total. The van der Waals surface area contributed by atoms with Crippen molar-refractivity contribution in [2.75, 3.05) is 69.2 Å². The van der Waals surface area contributed by atoms with E-state index in [1.165, 1.54) is 8.61 Å². The fourth-order valence-electron chi connectivity index (χ4n) is 5.45. The zero-order chi connectivity index (χ0) is 23.1. The lowest BCUT2D eigenvalue weighted by atomic mass is 9.89. The van der Waals surface area contributed by atoms with Crippen molar-refractivity contribution >= 4 is 33.4 Å². The van der Waals surface area contributed by atoms with Crippen molar-refractivity contribution in [1.29, 1.82) is 0 Å². The van der Waals surface area contributed by atoms with Gasteiger partial charge >= 0.3 is 0 Å². The molecule has 33 heavy (non-hydrogen) atoms.